The van der Waals surface area contributed by atoms with Gasteiger partial charge in [0.05, 0.1) is 18.2 Å². The largest absolute Gasteiger partial charge is 0.467 e. The van der Waals surface area contributed by atoms with Gasteiger partial charge in [-0.2, -0.15) is 4.31 Å². The first-order valence-electron chi connectivity index (χ1n) is 13.6. The zero-order valence-electron chi connectivity index (χ0n) is 23.0. The Morgan fingerprint density at radius 3 is 2.48 bits per heavy atom. The maximum Gasteiger partial charge on any atom is 0.328 e. The van der Waals surface area contributed by atoms with Gasteiger partial charge >= 0.3 is 12.0 Å². The highest BCUT2D eigenvalue weighted by Crippen LogP contribution is 2.28. The van der Waals surface area contributed by atoms with Crippen molar-refractivity contribution in [1.29, 1.82) is 0 Å². The molecular weight excluding hydrogens is 558 g/mol. The fraction of sp³-hybridized carbons (Fsp3) is 0.267. The summed E-state index contributed by atoms with van der Waals surface area (Å²) in [4.78, 5) is 34.0. The molecule has 42 heavy (non-hydrogen) atoms. The van der Waals surface area contributed by atoms with E-state index >= 15 is 0 Å². The molecule has 0 spiro atoms. The molecule has 2 N–H and O–H groups in total. The Labute approximate surface area is 243 Å². The van der Waals surface area contributed by atoms with Crippen LogP contribution < -0.4 is 15.4 Å². The number of fused-ring (bicyclic) bond motifs is 1. The van der Waals surface area contributed by atoms with Crippen LogP contribution in [-0.4, -0.2) is 60.9 Å². The van der Waals surface area contributed by atoms with Gasteiger partial charge in [-0.25, -0.2) is 23.0 Å². The average Bonchev–Trinajstić information content (AvgIpc) is 3.02. The topological polar surface area (TPSA) is 140 Å². The van der Waals surface area contributed by atoms with E-state index in [1.807, 2.05) is 12.1 Å². The molecule has 0 radical (unpaired) electrons. The predicted molar refractivity (Wildman–Crippen MR) is 157 cm³/mol. The fourth-order valence-corrected chi connectivity index (χ4v) is 6.46. The normalized spacial score (nSPS) is 14.6. The second-order valence-corrected chi connectivity index (χ2v) is 11.7. The SMILES string of the molecule is COC(=O)[C@H](Cc1ccc(Oc2nccc3ccncc23)cc1)NC(=O)Nc1ccccc1S(=O)(=O)N1CCCCC1. The summed E-state index contributed by atoms with van der Waals surface area (Å²) in [5.74, 6) is 0.309. The van der Waals surface area contributed by atoms with Crippen LogP contribution in [0.3, 0.4) is 0 Å². The van der Waals surface area contributed by atoms with Gasteiger partial charge in [0.2, 0.25) is 15.9 Å². The molecule has 1 fully saturated rings. The highest BCUT2D eigenvalue weighted by Gasteiger charge is 2.29. The molecule has 4 aromatic rings. The molecule has 12 heteroatoms. The molecule has 1 saturated heterocycles. The Hall–Kier alpha value is -4.55. The lowest BCUT2D eigenvalue weighted by atomic mass is 10.1. The van der Waals surface area contributed by atoms with Crippen molar-refractivity contribution in [2.75, 3.05) is 25.5 Å². The molecule has 1 aliphatic heterocycles. The lowest BCUT2D eigenvalue weighted by Gasteiger charge is -2.27. The maximum atomic E-state index is 13.3. The minimum Gasteiger partial charge on any atom is -0.467 e. The van der Waals surface area contributed by atoms with Crippen LogP contribution in [0.4, 0.5) is 10.5 Å². The number of pyridine rings is 2. The van der Waals surface area contributed by atoms with Crippen molar-refractivity contribution < 1.29 is 27.5 Å². The molecule has 3 heterocycles. The third-order valence-corrected chi connectivity index (χ3v) is 8.92. The summed E-state index contributed by atoms with van der Waals surface area (Å²) in [7, 11) is -2.56. The summed E-state index contributed by atoms with van der Waals surface area (Å²) in [6.07, 6.45) is 7.74. The van der Waals surface area contributed by atoms with E-state index in [4.69, 9.17) is 9.47 Å². The minimum absolute atomic E-state index is 0.00345. The standard InChI is InChI=1S/C30H31N5O6S/c1-40-29(36)26(19-21-9-11-23(12-10-21)41-28-24-20-31-15-13-22(24)14-16-32-28)34-30(37)33-25-7-3-4-8-27(25)42(38,39)35-17-5-2-6-18-35/h3-4,7-16,20,26H,2,5-6,17-19H2,1H3,(H2,33,34,37)/t26-/m0/s1. The molecule has 0 bridgehead atoms. The van der Waals surface area contributed by atoms with Crippen molar-refractivity contribution in [3.63, 3.8) is 0 Å². The molecule has 1 aliphatic rings. The van der Waals surface area contributed by atoms with Crippen LogP contribution in [0.5, 0.6) is 11.6 Å². The molecule has 2 aromatic heterocycles. The van der Waals surface area contributed by atoms with Gasteiger partial charge in [-0.15, -0.1) is 0 Å². The van der Waals surface area contributed by atoms with Crippen LogP contribution in [0, 0.1) is 0 Å². The first-order chi connectivity index (χ1) is 20.3. The highest BCUT2D eigenvalue weighted by molar-refractivity contribution is 7.89. The first-order valence-corrected chi connectivity index (χ1v) is 15.0. The van der Waals surface area contributed by atoms with Crippen LogP contribution >= 0.6 is 0 Å². The number of hydrogen-bond donors (Lipinski definition) is 2. The van der Waals surface area contributed by atoms with Crippen molar-refractivity contribution in [2.24, 2.45) is 0 Å². The van der Waals surface area contributed by atoms with Crippen molar-refractivity contribution in [2.45, 2.75) is 36.6 Å². The monoisotopic (exact) mass is 589 g/mol. The van der Waals surface area contributed by atoms with Gasteiger partial charge in [0.25, 0.3) is 0 Å². The number of rotatable bonds is 9. The van der Waals surface area contributed by atoms with Crippen LogP contribution in [0.25, 0.3) is 10.8 Å². The smallest absolute Gasteiger partial charge is 0.328 e. The number of piperidine rings is 1. The zero-order valence-corrected chi connectivity index (χ0v) is 23.8. The third-order valence-electron chi connectivity index (χ3n) is 6.97. The molecule has 5 rings (SSSR count). The lowest BCUT2D eigenvalue weighted by molar-refractivity contribution is -0.142. The van der Waals surface area contributed by atoms with Crippen molar-refractivity contribution in [3.05, 3.63) is 84.8 Å². The number of carbonyl (C=O) groups is 2. The minimum atomic E-state index is -3.80. The summed E-state index contributed by atoms with van der Waals surface area (Å²) in [6.45, 7) is 0.875. The van der Waals surface area contributed by atoms with E-state index in [2.05, 4.69) is 20.6 Å². The van der Waals surface area contributed by atoms with Gasteiger partial charge in [-0.05, 0) is 60.2 Å². The Bertz CT molecular complexity index is 1670. The second-order valence-electron chi connectivity index (χ2n) is 9.80. The first kappa shape index (κ1) is 29.0. The van der Waals surface area contributed by atoms with E-state index in [1.165, 1.54) is 23.5 Å². The van der Waals surface area contributed by atoms with Crippen LogP contribution in [0.2, 0.25) is 0 Å². The number of nitrogens with zero attached hydrogens (tertiary/aromatic N) is 3. The van der Waals surface area contributed by atoms with E-state index in [9.17, 15) is 18.0 Å². The van der Waals surface area contributed by atoms with Crippen molar-refractivity contribution in [1.82, 2.24) is 19.6 Å². The lowest BCUT2D eigenvalue weighted by Crippen LogP contribution is -2.45. The van der Waals surface area contributed by atoms with Gasteiger partial charge in [-0.3, -0.25) is 4.98 Å². The maximum absolute atomic E-state index is 13.3. The number of sulfonamides is 1. The van der Waals surface area contributed by atoms with Crippen LogP contribution in [0.15, 0.2) is 84.1 Å². The van der Waals surface area contributed by atoms with E-state index < -0.39 is 28.1 Å². The Balaban J connectivity index is 1.26. The summed E-state index contributed by atoms with van der Waals surface area (Å²) in [6, 6.07) is 15.2. The molecule has 0 unspecified atom stereocenters. The van der Waals surface area contributed by atoms with Gasteiger partial charge in [0.1, 0.15) is 16.7 Å². The van der Waals surface area contributed by atoms with E-state index in [0.29, 0.717) is 24.7 Å². The fourth-order valence-electron chi connectivity index (χ4n) is 4.80. The molecule has 218 valence electrons. The number of hydrogen-bond acceptors (Lipinski definition) is 8. The van der Waals surface area contributed by atoms with Crippen molar-refractivity contribution in [3.8, 4) is 11.6 Å². The molecule has 1 atom stereocenters. The third kappa shape index (κ3) is 6.67. The number of methoxy groups -OCH3 is 1. The summed E-state index contributed by atoms with van der Waals surface area (Å²) >= 11 is 0. The zero-order chi connectivity index (χ0) is 29.5. The van der Waals surface area contributed by atoms with Crippen molar-refractivity contribution >= 4 is 38.5 Å². The molecule has 2 amide bonds. The molecule has 2 aromatic carbocycles. The number of urea groups is 1. The van der Waals surface area contributed by atoms with E-state index in [-0.39, 0.29) is 17.0 Å². The average molecular weight is 590 g/mol. The van der Waals surface area contributed by atoms with Crippen LogP contribution in [-0.2, 0) is 26.0 Å². The number of para-hydroxylation sites is 1. The Morgan fingerprint density at radius 2 is 1.71 bits per heavy atom. The second kappa shape index (κ2) is 13.0. The van der Waals surface area contributed by atoms with E-state index in [0.717, 1.165) is 35.6 Å². The summed E-state index contributed by atoms with van der Waals surface area (Å²) in [5.41, 5.74) is 0.863. The van der Waals surface area contributed by atoms with Crippen LogP contribution in [0.1, 0.15) is 24.8 Å². The van der Waals surface area contributed by atoms with Gasteiger partial charge < -0.3 is 20.1 Å². The quantitative estimate of drug-likeness (QED) is 0.272. The molecular formula is C30H31N5O6S. The number of benzene rings is 2. The summed E-state index contributed by atoms with van der Waals surface area (Å²) in [5, 5.41) is 6.94. The number of nitrogens with one attached hydrogen (secondary N) is 2. The van der Waals surface area contributed by atoms with Gasteiger partial charge in [0, 0.05) is 38.1 Å². The number of ether oxygens (including phenoxy) is 2. The molecule has 0 aliphatic carbocycles. The number of amides is 2. The number of anilines is 1. The van der Waals surface area contributed by atoms with Gasteiger partial charge in [-0.1, -0.05) is 30.7 Å². The Morgan fingerprint density at radius 1 is 0.976 bits per heavy atom. The summed E-state index contributed by atoms with van der Waals surface area (Å²) < 4.78 is 38.9. The molecule has 0 saturated carbocycles. The number of carbonyl (C=O) groups excluding carboxylic acids is 2. The highest BCUT2D eigenvalue weighted by atomic mass is 32.2. The number of aromatic nitrogens is 2. The van der Waals surface area contributed by atoms with E-state index in [1.54, 1.807) is 55.0 Å². The predicted octanol–water partition coefficient (Wildman–Crippen LogP) is 4.50. The molecule has 11 nitrogen and oxygen atoms in total. The number of esters is 1. The van der Waals surface area contributed by atoms with Gasteiger partial charge in [0.15, 0.2) is 0 Å². The Kier molecular flexibility index (Phi) is 8.94.